The van der Waals surface area contributed by atoms with Crippen molar-refractivity contribution in [2.45, 2.75) is 53.1 Å². The maximum atomic E-state index is 13.7. The zero-order valence-electron chi connectivity index (χ0n) is 20.6. The highest BCUT2D eigenvalue weighted by molar-refractivity contribution is 5.78. The van der Waals surface area contributed by atoms with Crippen molar-refractivity contribution in [1.82, 2.24) is 19.8 Å². The number of aromatic nitrogens is 2. The van der Waals surface area contributed by atoms with Crippen molar-refractivity contribution < 1.29 is 9.53 Å². The van der Waals surface area contributed by atoms with Gasteiger partial charge in [-0.1, -0.05) is 24.3 Å². The van der Waals surface area contributed by atoms with Crippen LogP contribution in [-0.4, -0.2) is 46.3 Å². The van der Waals surface area contributed by atoms with Gasteiger partial charge in [-0.25, -0.2) is 9.78 Å². The van der Waals surface area contributed by atoms with Crippen LogP contribution in [0.15, 0.2) is 47.3 Å². The minimum atomic E-state index is -0.486. The van der Waals surface area contributed by atoms with E-state index < -0.39 is 11.6 Å². The number of hydrogen-bond donors (Lipinski definition) is 1. The number of ether oxygens (including phenoxy) is 1. The Morgan fingerprint density at radius 3 is 2.55 bits per heavy atom. The third-order valence-corrected chi connectivity index (χ3v) is 5.53. The molecular weight excluding hydrogens is 416 g/mol. The number of carbonyl (C=O) groups excluding carboxylic acids is 1. The van der Waals surface area contributed by atoms with Gasteiger partial charge in [-0.15, -0.1) is 0 Å². The average Bonchev–Trinajstić information content (AvgIpc) is 2.74. The fraction of sp³-hybridized carbons (Fsp3) is 0.423. The number of benzene rings is 2. The predicted molar refractivity (Wildman–Crippen MR) is 132 cm³/mol. The molecule has 0 aliphatic carbocycles. The van der Waals surface area contributed by atoms with E-state index in [1.54, 1.807) is 22.6 Å². The molecule has 1 unspecified atom stereocenters. The first-order valence-corrected chi connectivity index (χ1v) is 11.2. The van der Waals surface area contributed by atoms with E-state index >= 15 is 0 Å². The Labute approximate surface area is 195 Å². The zero-order chi connectivity index (χ0) is 24.3. The first-order valence-electron chi connectivity index (χ1n) is 11.2. The second-order valence-corrected chi connectivity index (χ2v) is 9.46. The first kappa shape index (κ1) is 24.5. The third-order valence-electron chi connectivity index (χ3n) is 5.53. The Bertz CT molecular complexity index is 1210. The van der Waals surface area contributed by atoms with Crippen LogP contribution in [0.2, 0.25) is 0 Å². The summed E-state index contributed by atoms with van der Waals surface area (Å²) in [6.45, 7) is 12.4. The summed E-state index contributed by atoms with van der Waals surface area (Å²) in [6.07, 6.45) is 0. The molecule has 3 rings (SSSR count). The molecule has 0 saturated heterocycles. The van der Waals surface area contributed by atoms with Crippen LogP contribution in [0.5, 0.6) is 0 Å². The molecule has 7 nitrogen and oxygen atoms in total. The second-order valence-electron chi connectivity index (χ2n) is 9.46. The number of urea groups is 1. The highest BCUT2D eigenvalue weighted by atomic mass is 16.5. The summed E-state index contributed by atoms with van der Waals surface area (Å²) in [7, 11) is 1.60. The molecule has 0 spiro atoms. The molecule has 0 saturated carbocycles. The van der Waals surface area contributed by atoms with Crippen LogP contribution in [0, 0.1) is 13.8 Å². The minimum Gasteiger partial charge on any atom is -0.383 e. The summed E-state index contributed by atoms with van der Waals surface area (Å²) in [6, 6.07) is 12.6. The molecule has 1 aromatic heterocycles. The predicted octanol–water partition coefficient (Wildman–Crippen LogP) is 4.52. The molecule has 2 aromatic carbocycles. The van der Waals surface area contributed by atoms with Gasteiger partial charge in [0.05, 0.1) is 29.2 Å². The highest BCUT2D eigenvalue weighted by Crippen LogP contribution is 2.25. The highest BCUT2D eigenvalue weighted by Gasteiger charge is 2.29. The largest absolute Gasteiger partial charge is 0.383 e. The fourth-order valence-corrected chi connectivity index (χ4v) is 3.82. The molecule has 0 radical (unpaired) electrons. The Morgan fingerprint density at radius 2 is 1.88 bits per heavy atom. The van der Waals surface area contributed by atoms with Gasteiger partial charge in [0.15, 0.2) is 0 Å². The molecule has 0 aliphatic heterocycles. The van der Waals surface area contributed by atoms with Crippen LogP contribution in [-0.2, 0) is 4.74 Å². The van der Waals surface area contributed by atoms with Gasteiger partial charge < -0.3 is 15.0 Å². The summed E-state index contributed by atoms with van der Waals surface area (Å²) in [5.74, 6) is 0.507. The molecular formula is C26H34N4O3. The Balaban J connectivity index is 2.25. The van der Waals surface area contributed by atoms with E-state index in [-0.39, 0.29) is 11.6 Å². The van der Waals surface area contributed by atoms with Gasteiger partial charge in [0.1, 0.15) is 5.82 Å². The zero-order valence-corrected chi connectivity index (χ0v) is 20.6. The van der Waals surface area contributed by atoms with Gasteiger partial charge in [0.2, 0.25) is 0 Å². The number of rotatable bonds is 6. The summed E-state index contributed by atoms with van der Waals surface area (Å²) in [5.41, 5.74) is 2.80. The van der Waals surface area contributed by atoms with E-state index in [4.69, 9.17) is 9.72 Å². The summed E-state index contributed by atoms with van der Waals surface area (Å²) < 4.78 is 6.92. The van der Waals surface area contributed by atoms with Crippen LogP contribution in [0.1, 0.15) is 50.7 Å². The number of aryl methyl sites for hydroxylation is 2. The summed E-state index contributed by atoms with van der Waals surface area (Å²) >= 11 is 0. The quantitative estimate of drug-likeness (QED) is 0.599. The third kappa shape index (κ3) is 5.42. The number of nitrogens with one attached hydrogen (secondary N) is 1. The Kier molecular flexibility index (Phi) is 7.22. The molecule has 0 aliphatic rings. The number of methoxy groups -OCH3 is 1. The fourth-order valence-electron chi connectivity index (χ4n) is 3.82. The van der Waals surface area contributed by atoms with Crippen LogP contribution in [0.4, 0.5) is 4.79 Å². The lowest BCUT2D eigenvalue weighted by Gasteiger charge is -2.33. The van der Waals surface area contributed by atoms with Gasteiger partial charge >= 0.3 is 6.03 Å². The summed E-state index contributed by atoms with van der Waals surface area (Å²) in [4.78, 5) is 33.5. The molecule has 2 amide bonds. The molecule has 1 atom stereocenters. The number of carbonyl (C=O) groups is 1. The molecule has 0 bridgehead atoms. The van der Waals surface area contributed by atoms with E-state index in [9.17, 15) is 9.59 Å². The van der Waals surface area contributed by atoms with Crippen molar-refractivity contribution in [3.05, 3.63) is 69.8 Å². The van der Waals surface area contributed by atoms with Crippen LogP contribution in [0.3, 0.4) is 0 Å². The maximum absolute atomic E-state index is 13.7. The lowest BCUT2D eigenvalue weighted by molar-refractivity contribution is 0.126. The van der Waals surface area contributed by atoms with Crippen molar-refractivity contribution >= 4 is 16.9 Å². The van der Waals surface area contributed by atoms with E-state index in [1.807, 2.05) is 77.9 Å². The number of nitrogens with zero attached hydrogens (tertiary/aromatic N) is 3. The molecule has 1 N–H and O–H groups in total. The van der Waals surface area contributed by atoms with E-state index in [2.05, 4.69) is 5.32 Å². The van der Waals surface area contributed by atoms with E-state index in [0.29, 0.717) is 29.9 Å². The standard InChI is InChI=1S/C26H34N4O3/c1-17-12-13-18(2)22(16-17)30-23(27-21-11-9-8-10-20(21)24(30)31)19(3)29(14-15-33-7)25(32)28-26(4,5)6/h8-13,16,19H,14-15H2,1-7H3,(H,28,32). The van der Waals surface area contributed by atoms with E-state index in [0.717, 1.165) is 16.8 Å². The van der Waals surface area contributed by atoms with Crippen LogP contribution >= 0.6 is 0 Å². The van der Waals surface area contributed by atoms with Crippen LogP contribution in [0.25, 0.3) is 16.6 Å². The van der Waals surface area contributed by atoms with Gasteiger partial charge in [-0.2, -0.15) is 0 Å². The normalized spacial score (nSPS) is 12.6. The van der Waals surface area contributed by atoms with Crippen molar-refractivity contribution in [2.75, 3.05) is 20.3 Å². The van der Waals surface area contributed by atoms with Gasteiger partial charge in [0, 0.05) is 19.2 Å². The Hall–Kier alpha value is -3.19. The average molecular weight is 451 g/mol. The molecule has 7 heteroatoms. The number of para-hydroxylation sites is 1. The smallest absolute Gasteiger partial charge is 0.318 e. The van der Waals surface area contributed by atoms with Gasteiger partial charge in [0.25, 0.3) is 5.56 Å². The molecule has 1 heterocycles. The SMILES string of the molecule is COCCN(C(=O)NC(C)(C)C)C(C)c1nc2ccccc2c(=O)n1-c1cc(C)ccc1C. The maximum Gasteiger partial charge on any atom is 0.318 e. The number of amides is 2. The van der Waals surface area contributed by atoms with Gasteiger partial charge in [-0.05, 0) is 70.9 Å². The first-order chi connectivity index (χ1) is 15.5. The molecule has 0 fully saturated rings. The monoisotopic (exact) mass is 450 g/mol. The van der Waals surface area contributed by atoms with Gasteiger partial charge in [-0.3, -0.25) is 9.36 Å². The molecule has 176 valence electrons. The van der Waals surface area contributed by atoms with Crippen LogP contribution < -0.4 is 10.9 Å². The number of fused-ring (bicyclic) bond motifs is 1. The molecule has 33 heavy (non-hydrogen) atoms. The minimum absolute atomic E-state index is 0.154. The van der Waals surface area contributed by atoms with Crippen molar-refractivity contribution in [1.29, 1.82) is 0 Å². The second kappa shape index (κ2) is 9.75. The topological polar surface area (TPSA) is 76.5 Å². The lowest BCUT2D eigenvalue weighted by Crippen LogP contribution is -2.50. The van der Waals surface area contributed by atoms with Crippen molar-refractivity contribution in [2.24, 2.45) is 0 Å². The summed E-state index contributed by atoms with van der Waals surface area (Å²) in [5, 5.41) is 3.57. The Morgan fingerprint density at radius 1 is 1.18 bits per heavy atom. The molecule has 3 aromatic rings. The number of hydrogen-bond acceptors (Lipinski definition) is 4. The van der Waals surface area contributed by atoms with Crippen molar-refractivity contribution in [3.63, 3.8) is 0 Å². The van der Waals surface area contributed by atoms with E-state index in [1.165, 1.54) is 0 Å². The van der Waals surface area contributed by atoms with Crippen molar-refractivity contribution in [3.8, 4) is 5.69 Å². The lowest BCUT2D eigenvalue weighted by atomic mass is 10.1.